The Bertz CT molecular complexity index is 1840. The summed E-state index contributed by atoms with van der Waals surface area (Å²) in [7, 11) is 0. The van der Waals surface area contributed by atoms with Gasteiger partial charge in [0.2, 0.25) is 41.4 Å². The molecule has 7 amide bonds. The van der Waals surface area contributed by atoms with E-state index in [-0.39, 0.29) is 25.0 Å². The molecular formula is C40H56N8O10. The summed E-state index contributed by atoms with van der Waals surface area (Å²) >= 11 is 0. The number of carboxylic acid groups (broad SMARTS) is 1. The molecule has 12 N–H and O–H groups in total. The maximum absolute atomic E-state index is 14.4. The zero-order chi connectivity index (χ0) is 43.3. The zero-order valence-electron chi connectivity index (χ0n) is 33.4. The van der Waals surface area contributed by atoms with E-state index in [9.17, 15) is 48.6 Å². The van der Waals surface area contributed by atoms with E-state index in [0.717, 1.165) is 11.1 Å². The van der Waals surface area contributed by atoms with Crippen LogP contribution in [-0.2, 0) is 57.6 Å². The van der Waals surface area contributed by atoms with Gasteiger partial charge in [0, 0.05) is 6.42 Å². The number of amides is 7. The maximum Gasteiger partial charge on any atom is 0.305 e. The molecule has 316 valence electrons. The molecule has 0 aromatic heterocycles. The third-order valence-electron chi connectivity index (χ3n) is 10.2. The van der Waals surface area contributed by atoms with Crippen molar-refractivity contribution in [2.24, 2.45) is 23.3 Å². The summed E-state index contributed by atoms with van der Waals surface area (Å²) in [5.41, 5.74) is 11.9. The number of primary amides is 1. The van der Waals surface area contributed by atoms with E-state index in [2.05, 4.69) is 31.9 Å². The lowest BCUT2D eigenvalue weighted by Crippen LogP contribution is -2.67. The highest BCUT2D eigenvalue weighted by atomic mass is 16.4. The number of carbonyl (C=O) groups is 8. The molecule has 0 fully saturated rings. The summed E-state index contributed by atoms with van der Waals surface area (Å²) < 4.78 is 0. The summed E-state index contributed by atoms with van der Waals surface area (Å²) in [5, 5.41) is 34.7. The first-order valence-electron chi connectivity index (χ1n) is 19.2. The third-order valence-corrected chi connectivity index (χ3v) is 10.2. The normalized spacial score (nSPS) is 17.8. The summed E-state index contributed by atoms with van der Waals surface area (Å²) in [4.78, 5) is 105. The maximum atomic E-state index is 14.4. The zero-order valence-corrected chi connectivity index (χ0v) is 33.4. The first-order valence-corrected chi connectivity index (χ1v) is 19.2. The molecule has 7 atom stereocenters. The lowest BCUT2D eigenvalue weighted by atomic mass is 9.77. The van der Waals surface area contributed by atoms with Crippen LogP contribution in [0, 0.1) is 11.8 Å². The Balaban J connectivity index is 1.83. The summed E-state index contributed by atoms with van der Waals surface area (Å²) in [6.07, 6.45) is 0.0350. The summed E-state index contributed by atoms with van der Waals surface area (Å²) in [6.45, 7) is 7.68. The lowest BCUT2D eigenvalue weighted by molar-refractivity contribution is -0.143. The molecule has 0 saturated carbocycles. The molecule has 0 aliphatic heterocycles. The van der Waals surface area contributed by atoms with Gasteiger partial charge in [0.25, 0.3) is 0 Å². The molecule has 2 aromatic carbocycles. The van der Waals surface area contributed by atoms with Crippen LogP contribution in [0.25, 0.3) is 0 Å². The van der Waals surface area contributed by atoms with Crippen molar-refractivity contribution < 1.29 is 48.6 Å². The minimum atomic E-state index is -1.72. The van der Waals surface area contributed by atoms with Gasteiger partial charge >= 0.3 is 5.97 Å². The molecule has 0 spiro atoms. The molecule has 0 heterocycles. The van der Waals surface area contributed by atoms with E-state index in [1.54, 1.807) is 52.0 Å². The number of carboxylic acids is 1. The molecule has 18 heteroatoms. The van der Waals surface area contributed by atoms with Gasteiger partial charge in [0.05, 0.1) is 19.0 Å². The van der Waals surface area contributed by atoms with Crippen LogP contribution in [0.1, 0.15) is 70.6 Å². The van der Waals surface area contributed by atoms with E-state index < -0.39 is 108 Å². The number of hydrogen-bond donors (Lipinski definition) is 10. The fourth-order valence-corrected chi connectivity index (χ4v) is 6.50. The average Bonchev–Trinajstić information content (AvgIpc) is 3.17. The second kappa shape index (κ2) is 20.9. The number of phenolic OH excluding ortho intramolecular Hbond substituents is 1. The van der Waals surface area contributed by atoms with Gasteiger partial charge in [-0.25, -0.2) is 0 Å². The second-order valence-corrected chi connectivity index (χ2v) is 15.1. The van der Waals surface area contributed by atoms with E-state index >= 15 is 0 Å². The Morgan fingerprint density at radius 1 is 0.776 bits per heavy atom. The number of aryl methyl sites for hydroxylation is 1. The number of benzene rings is 2. The Hall–Kier alpha value is -6.04. The van der Waals surface area contributed by atoms with Crippen molar-refractivity contribution in [3.63, 3.8) is 0 Å². The highest BCUT2D eigenvalue weighted by Gasteiger charge is 2.45. The fourth-order valence-electron chi connectivity index (χ4n) is 6.50. The van der Waals surface area contributed by atoms with Crippen molar-refractivity contribution in [3.05, 3.63) is 65.2 Å². The fraction of sp³-hybridized carbons (Fsp3) is 0.500. The number of rotatable bonds is 20. The van der Waals surface area contributed by atoms with Crippen molar-refractivity contribution >= 4 is 47.3 Å². The SMILES string of the molecule is CC[C@H](C)[C@H](NC(=O)[C@@H](NC(=O)[C@H](CC(=O)O)NC(=O)[C@]1(NC(=O)[C@@H](C)NC(=O)[C@@H](N)Cc2ccc(O)cc2)CCc2ccccc2C1)C(C)C)C(=O)NCC(N)=O. The van der Waals surface area contributed by atoms with Gasteiger partial charge in [-0.2, -0.15) is 0 Å². The molecule has 58 heavy (non-hydrogen) atoms. The van der Waals surface area contributed by atoms with Gasteiger partial charge in [0.1, 0.15) is 35.5 Å². The molecule has 0 radical (unpaired) electrons. The molecule has 0 saturated heterocycles. The van der Waals surface area contributed by atoms with Crippen LogP contribution in [0.4, 0.5) is 0 Å². The van der Waals surface area contributed by atoms with Crippen molar-refractivity contribution in [3.8, 4) is 5.75 Å². The first-order chi connectivity index (χ1) is 27.3. The molecule has 18 nitrogen and oxygen atoms in total. The predicted molar refractivity (Wildman–Crippen MR) is 211 cm³/mol. The van der Waals surface area contributed by atoms with Crippen LogP contribution in [0.3, 0.4) is 0 Å². The Labute approximate surface area is 337 Å². The van der Waals surface area contributed by atoms with E-state index in [0.29, 0.717) is 18.4 Å². The quantitative estimate of drug-likeness (QED) is 0.0777. The highest BCUT2D eigenvalue weighted by Crippen LogP contribution is 2.30. The average molecular weight is 809 g/mol. The molecule has 0 bridgehead atoms. The van der Waals surface area contributed by atoms with Crippen LogP contribution in [0.5, 0.6) is 5.75 Å². The smallest absolute Gasteiger partial charge is 0.305 e. The Morgan fingerprint density at radius 2 is 1.40 bits per heavy atom. The third kappa shape index (κ3) is 13.0. The molecule has 1 aliphatic carbocycles. The van der Waals surface area contributed by atoms with Crippen LogP contribution in [-0.4, -0.2) is 99.8 Å². The summed E-state index contributed by atoms with van der Waals surface area (Å²) in [5.74, 6) is -7.87. The number of hydrogen-bond acceptors (Lipinski definition) is 10. The van der Waals surface area contributed by atoms with Gasteiger partial charge in [-0.15, -0.1) is 0 Å². The van der Waals surface area contributed by atoms with Gasteiger partial charge in [-0.3, -0.25) is 38.4 Å². The van der Waals surface area contributed by atoms with Crippen molar-refractivity contribution in [1.29, 1.82) is 0 Å². The van der Waals surface area contributed by atoms with Crippen LogP contribution < -0.4 is 43.4 Å². The minimum Gasteiger partial charge on any atom is -0.508 e. The monoisotopic (exact) mass is 808 g/mol. The molecule has 0 unspecified atom stereocenters. The molecule has 3 rings (SSSR count). The van der Waals surface area contributed by atoms with Crippen LogP contribution in [0.2, 0.25) is 0 Å². The standard InChI is InChI=1S/C40H56N8O10/c1-6-22(4)33(37(56)43-20-30(42)50)47-38(57)32(21(2)3)46-36(55)29(18-31(51)52)45-39(58)40(16-15-25-9-7-8-10-26(25)19-40)48-34(53)23(5)44-35(54)28(41)17-24-11-13-27(49)14-12-24/h7-14,21-23,28-29,32-33,49H,6,15-20,41H2,1-5H3,(H2,42,50)(H,43,56)(H,44,54)(H,45,58)(H,46,55)(H,47,57)(H,48,53)(H,51,52)/t22-,23+,28-,29-,32-,33-,40-/m0/s1. The van der Waals surface area contributed by atoms with Crippen molar-refractivity contribution in [2.45, 2.75) is 109 Å². The summed E-state index contributed by atoms with van der Waals surface area (Å²) in [6, 6.07) is 7.03. The number of nitrogens with two attached hydrogens (primary N) is 2. The first kappa shape index (κ1) is 46.3. The predicted octanol–water partition coefficient (Wildman–Crippen LogP) is -0.957. The lowest BCUT2D eigenvalue weighted by Gasteiger charge is -2.39. The molecule has 1 aliphatic rings. The van der Waals surface area contributed by atoms with Crippen molar-refractivity contribution in [2.75, 3.05) is 6.54 Å². The Morgan fingerprint density at radius 3 is 1.98 bits per heavy atom. The van der Waals surface area contributed by atoms with E-state index in [4.69, 9.17) is 11.5 Å². The van der Waals surface area contributed by atoms with Crippen molar-refractivity contribution in [1.82, 2.24) is 31.9 Å². The van der Waals surface area contributed by atoms with E-state index in [1.807, 2.05) is 12.1 Å². The number of nitrogens with one attached hydrogen (secondary N) is 6. The second-order valence-electron chi connectivity index (χ2n) is 15.1. The molecule has 2 aromatic rings. The number of carbonyl (C=O) groups excluding carboxylic acids is 7. The highest BCUT2D eigenvalue weighted by molar-refractivity contribution is 5.99. The van der Waals surface area contributed by atoms with E-state index in [1.165, 1.54) is 19.1 Å². The van der Waals surface area contributed by atoms with Gasteiger partial charge in [-0.05, 0) is 66.8 Å². The largest absolute Gasteiger partial charge is 0.508 e. The van der Waals surface area contributed by atoms with Gasteiger partial charge in [0.15, 0.2) is 0 Å². The number of aromatic hydroxyl groups is 1. The number of phenols is 1. The number of fused-ring (bicyclic) bond motifs is 1. The van der Waals surface area contributed by atoms with Crippen LogP contribution >= 0.6 is 0 Å². The Kier molecular flexibility index (Phi) is 16.7. The van der Waals surface area contributed by atoms with Gasteiger partial charge in [-0.1, -0.05) is 70.5 Å². The number of aliphatic carboxylic acids is 1. The molecular weight excluding hydrogens is 752 g/mol. The van der Waals surface area contributed by atoms with Crippen LogP contribution in [0.15, 0.2) is 48.5 Å². The minimum absolute atomic E-state index is 0.0327. The topological polar surface area (TPSA) is 301 Å². The van der Waals surface area contributed by atoms with Gasteiger partial charge < -0.3 is 53.6 Å².